The van der Waals surface area contributed by atoms with Crippen LogP contribution in [0.2, 0.25) is 0 Å². The molecule has 0 N–H and O–H groups in total. The predicted octanol–water partition coefficient (Wildman–Crippen LogP) is 4.45. The Bertz CT molecular complexity index is 282. The summed E-state index contributed by atoms with van der Waals surface area (Å²) >= 11 is 0. The molecule has 14 heavy (non-hydrogen) atoms. The summed E-state index contributed by atoms with van der Waals surface area (Å²) in [4.78, 5) is 0. The third-order valence-electron chi connectivity index (χ3n) is 3.01. The van der Waals surface area contributed by atoms with Gasteiger partial charge in [0.05, 0.1) is 0 Å². The fourth-order valence-corrected chi connectivity index (χ4v) is 2.84. The molecule has 0 fully saturated rings. The highest BCUT2D eigenvalue weighted by Crippen LogP contribution is 2.21. The van der Waals surface area contributed by atoms with Crippen LogP contribution in [0.4, 0.5) is 0 Å². The van der Waals surface area contributed by atoms with Crippen LogP contribution in [0.3, 0.4) is 0 Å². The van der Waals surface area contributed by atoms with Crippen LogP contribution in [-0.2, 0) is 0 Å². The van der Waals surface area contributed by atoms with Crippen molar-refractivity contribution in [3.05, 3.63) is 22.8 Å². The van der Waals surface area contributed by atoms with Crippen LogP contribution in [0.1, 0.15) is 40.5 Å². The molecule has 0 aromatic heterocycles. The van der Waals surface area contributed by atoms with Crippen molar-refractivity contribution in [3.63, 3.8) is 0 Å². The molecule has 0 aromatic rings. The van der Waals surface area contributed by atoms with Crippen LogP contribution in [0.15, 0.2) is 22.8 Å². The Hall–Kier alpha value is -0.350. The van der Waals surface area contributed by atoms with Gasteiger partial charge in [0.2, 0.25) is 0 Å². The first-order chi connectivity index (χ1) is 6.61. The van der Waals surface area contributed by atoms with E-state index in [0.717, 1.165) is 12.3 Å². The first kappa shape index (κ1) is 11.7. The lowest BCUT2D eigenvalue weighted by molar-refractivity contribution is 0.700. The lowest BCUT2D eigenvalue weighted by Crippen LogP contribution is -1.96. The monoisotopic (exact) mass is 208 g/mol. The average Bonchev–Trinajstić information content (AvgIpc) is 2.14. The summed E-state index contributed by atoms with van der Waals surface area (Å²) in [5, 5.41) is 0. The third-order valence-corrected chi connectivity index (χ3v) is 3.96. The maximum Gasteiger partial charge on any atom is -0.00924 e. The van der Waals surface area contributed by atoms with Gasteiger partial charge >= 0.3 is 0 Å². The lowest BCUT2D eigenvalue weighted by atomic mass is 9.97. The minimum absolute atomic E-state index is 0.733. The summed E-state index contributed by atoms with van der Waals surface area (Å²) in [6.45, 7) is 9.07. The summed E-state index contributed by atoms with van der Waals surface area (Å²) < 4.78 is 0. The Labute approximate surface area is 89.9 Å². The van der Waals surface area contributed by atoms with Crippen molar-refractivity contribution >= 4 is 14.0 Å². The van der Waals surface area contributed by atoms with Gasteiger partial charge in [0.1, 0.15) is 0 Å². The van der Waals surface area contributed by atoms with Crippen molar-refractivity contribution in [2.24, 2.45) is 5.92 Å². The van der Waals surface area contributed by atoms with Gasteiger partial charge in [-0.05, 0) is 51.3 Å². The van der Waals surface area contributed by atoms with E-state index in [0.29, 0.717) is 0 Å². The second-order valence-corrected chi connectivity index (χ2v) is 5.49. The fourth-order valence-electron chi connectivity index (χ4n) is 1.70. The summed E-state index contributed by atoms with van der Waals surface area (Å²) in [6, 6.07) is 0. The first-order valence-corrected chi connectivity index (χ1v) is 6.59. The standard InChI is InChI=1S/C13H21P/c1-10-5-7-14-8-6-11(2)13(4)12(3)9-10/h8-10H,5-7H2,1-4H3/b12-9-,13-11+. The first-order valence-electron chi connectivity index (χ1n) is 5.44. The number of rotatable bonds is 0. The Morgan fingerprint density at radius 3 is 2.71 bits per heavy atom. The van der Waals surface area contributed by atoms with Gasteiger partial charge in [-0.2, -0.15) is 0 Å². The van der Waals surface area contributed by atoms with Gasteiger partial charge in [0.15, 0.2) is 0 Å². The molecule has 78 valence electrons. The number of hydrogen-bond acceptors (Lipinski definition) is 0. The molecule has 0 aromatic carbocycles. The Kier molecular flexibility index (Phi) is 4.62. The van der Waals surface area contributed by atoms with Gasteiger partial charge in [0.25, 0.3) is 0 Å². The van der Waals surface area contributed by atoms with Crippen molar-refractivity contribution in [1.29, 1.82) is 0 Å². The van der Waals surface area contributed by atoms with Gasteiger partial charge < -0.3 is 0 Å². The highest BCUT2D eigenvalue weighted by Gasteiger charge is 2.03. The largest absolute Gasteiger partial charge is 0.109 e. The molecule has 0 spiro atoms. The van der Waals surface area contributed by atoms with E-state index < -0.39 is 0 Å². The van der Waals surface area contributed by atoms with Crippen molar-refractivity contribution in [1.82, 2.24) is 0 Å². The lowest BCUT2D eigenvalue weighted by Gasteiger charge is -2.12. The van der Waals surface area contributed by atoms with Gasteiger partial charge in [-0.3, -0.25) is 0 Å². The zero-order valence-corrected chi connectivity index (χ0v) is 10.7. The second-order valence-electron chi connectivity index (χ2n) is 4.31. The molecule has 1 heteroatoms. The summed E-state index contributed by atoms with van der Waals surface area (Å²) in [5.41, 5.74) is 4.49. The highest BCUT2D eigenvalue weighted by molar-refractivity contribution is 7.38. The molecule has 1 aliphatic rings. The highest BCUT2D eigenvalue weighted by atomic mass is 31.1. The normalized spacial score (nSPS) is 36.0. The van der Waals surface area contributed by atoms with Crippen LogP contribution >= 0.6 is 8.20 Å². The van der Waals surface area contributed by atoms with E-state index in [1.165, 1.54) is 37.5 Å². The average molecular weight is 208 g/mol. The minimum atomic E-state index is 0.733. The molecule has 0 saturated heterocycles. The molecule has 0 saturated carbocycles. The second kappa shape index (κ2) is 5.51. The summed E-state index contributed by atoms with van der Waals surface area (Å²) in [5.74, 6) is 3.14. The van der Waals surface area contributed by atoms with Crippen LogP contribution in [0, 0.1) is 5.92 Å². The van der Waals surface area contributed by atoms with Crippen molar-refractivity contribution in [2.75, 3.05) is 6.16 Å². The van der Waals surface area contributed by atoms with Crippen LogP contribution < -0.4 is 0 Å². The molecule has 0 aliphatic carbocycles. The van der Waals surface area contributed by atoms with E-state index in [4.69, 9.17) is 0 Å². The maximum absolute atomic E-state index is 2.43. The zero-order chi connectivity index (χ0) is 10.6. The van der Waals surface area contributed by atoms with Crippen molar-refractivity contribution in [2.45, 2.75) is 40.5 Å². The molecule has 1 rings (SSSR count). The van der Waals surface area contributed by atoms with E-state index >= 15 is 0 Å². The molecular formula is C13H21P. The Balaban J connectivity index is 2.94. The fraction of sp³-hybridized carbons (Fsp3) is 0.615. The maximum atomic E-state index is 2.43. The van der Waals surface area contributed by atoms with Crippen LogP contribution in [0.25, 0.3) is 0 Å². The van der Waals surface area contributed by atoms with Crippen LogP contribution in [-0.4, -0.2) is 12.0 Å². The topological polar surface area (TPSA) is 0 Å². The van der Waals surface area contributed by atoms with Gasteiger partial charge in [0, 0.05) is 0 Å². The van der Waals surface area contributed by atoms with E-state index in [9.17, 15) is 0 Å². The smallest absolute Gasteiger partial charge is 0.00924 e. The molecule has 0 amide bonds. The van der Waals surface area contributed by atoms with Crippen molar-refractivity contribution < 1.29 is 0 Å². The quantitative estimate of drug-likeness (QED) is 0.516. The van der Waals surface area contributed by atoms with Crippen molar-refractivity contribution in [3.8, 4) is 0 Å². The molecule has 0 nitrogen and oxygen atoms in total. The Morgan fingerprint density at radius 2 is 2.00 bits per heavy atom. The number of hydrogen-bond donors (Lipinski definition) is 0. The van der Waals surface area contributed by atoms with Gasteiger partial charge in [-0.25, -0.2) is 0 Å². The van der Waals surface area contributed by atoms with E-state index in [2.05, 4.69) is 39.6 Å². The van der Waals surface area contributed by atoms with E-state index in [1.807, 2.05) is 0 Å². The molecule has 0 radical (unpaired) electrons. The molecule has 1 atom stereocenters. The third kappa shape index (κ3) is 3.42. The van der Waals surface area contributed by atoms with Crippen LogP contribution in [0.5, 0.6) is 0 Å². The zero-order valence-electron chi connectivity index (χ0n) is 9.80. The van der Waals surface area contributed by atoms with Gasteiger partial charge in [-0.1, -0.05) is 29.9 Å². The minimum Gasteiger partial charge on any atom is -0.109 e. The van der Waals surface area contributed by atoms with Gasteiger partial charge in [-0.15, -0.1) is 8.20 Å². The molecular weight excluding hydrogens is 187 g/mol. The molecule has 0 bridgehead atoms. The SMILES string of the molecule is CC1=C/C(C)CC/P=C\C\C(C)=C\1C. The van der Waals surface area contributed by atoms with E-state index in [-0.39, 0.29) is 0 Å². The van der Waals surface area contributed by atoms with E-state index in [1.54, 1.807) is 0 Å². The predicted molar refractivity (Wildman–Crippen MR) is 68.4 cm³/mol. The Morgan fingerprint density at radius 1 is 1.29 bits per heavy atom. The summed E-state index contributed by atoms with van der Waals surface area (Å²) in [7, 11) is 1.51. The molecule has 1 aliphatic heterocycles. The number of allylic oxidation sites excluding steroid dienone is 4. The summed E-state index contributed by atoms with van der Waals surface area (Å²) in [6.07, 6.45) is 6.23. The molecule has 1 unspecified atom stereocenters. The molecule has 1 heterocycles.